The molecule has 0 spiro atoms. The maximum Gasteiger partial charge on any atom is 0.305 e. The third kappa shape index (κ3) is 3.72. The second kappa shape index (κ2) is 8.80. The van der Waals surface area contributed by atoms with Crippen LogP contribution in [0.1, 0.15) is 99.8 Å². The Hall–Kier alpha value is -1.98. The third-order valence-corrected chi connectivity index (χ3v) is 11.3. The summed E-state index contributed by atoms with van der Waals surface area (Å²) in [5.41, 5.74) is 0.0872. The van der Waals surface area contributed by atoms with Crippen molar-refractivity contribution >= 4 is 23.5 Å². The summed E-state index contributed by atoms with van der Waals surface area (Å²) in [6.07, 6.45) is 4.95. The van der Waals surface area contributed by atoms with Gasteiger partial charge in [-0.3, -0.25) is 19.2 Å². The standard InChI is InChI=1S/C30H44O6/c1-17(9-10-24(34)35-8)19-11-14-29(6)26-20(32)15-22-27(3,4)23(36-18(2)31)12-13-28(22,5)25(26)21(33)16-30(19,29)7/h17,19,22-23H,9-16H2,1-8H3/t17-,19-,22-,23+,28+,29+,30+/m0/s1. The van der Waals surface area contributed by atoms with Gasteiger partial charge in [0.05, 0.1) is 7.11 Å². The van der Waals surface area contributed by atoms with Crippen molar-refractivity contribution < 1.29 is 28.7 Å². The molecule has 0 aliphatic heterocycles. The molecule has 200 valence electrons. The minimum Gasteiger partial charge on any atom is -0.469 e. The zero-order valence-corrected chi connectivity index (χ0v) is 23.4. The van der Waals surface area contributed by atoms with Gasteiger partial charge in [-0.15, -0.1) is 0 Å². The van der Waals surface area contributed by atoms with Crippen LogP contribution < -0.4 is 0 Å². The van der Waals surface area contributed by atoms with Gasteiger partial charge < -0.3 is 9.47 Å². The molecular weight excluding hydrogens is 456 g/mol. The number of ketones is 2. The predicted octanol–water partition coefficient (Wildman–Crippen LogP) is 5.61. The third-order valence-electron chi connectivity index (χ3n) is 11.3. The lowest BCUT2D eigenvalue weighted by molar-refractivity contribution is -0.169. The highest BCUT2D eigenvalue weighted by Gasteiger charge is 2.67. The first kappa shape index (κ1) is 27.1. The highest BCUT2D eigenvalue weighted by Crippen LogP contribution is 2.71. The molecule has 2 fully saturated rings. The summed E-state index contributed by atoms with van der Waals surface area (Å²) in [4.78, 5) is 51.7. The fraction of sp³-hybridized carbons (Fsp3) is 0.800. The van der Waals surface area contributed by atoms with Crippen molar-refractivity contribution in [2.45, 2.75) is 106 Å². The number of hydrogen-bond donors (Lipinski definition) is 0. The molecule has 2 saturated carbocycles. The molecule has 7 atom stereocenters. The van der Waals surface area contributed by atoms with Crippen molar-refractivity contribution in [2.75, 3.05) is 7.11 Å². The molecule has 0 radical (unpaired) electrons. The van der Waals surface area contributed by atoms with E-state index >= 15 is 0 Å². The van der Waals surface area contributed by atoms with Crippen LogP contribution in [-0.2, 0) is 28.7 Å². The van der Waals surface area contributed by atoms with E-state index in [9.17, 15) is 19.2 Å². The lowest BCUT2D eigenvalue weighted by Crippen LogP contribution is -2.59. The normalized spacial score (nSPS) is 40.2. The van der Waals surface area contributed by atoms with Gasteiger partial charge in [0.1, 0.15) is 6.10 Å². The number of fused-ring (bicyclic) bond motifs is 4. The molecule has 0 unspecified atom stereocenters. The number of ether oxygens (including phenoxy) is 2. The highest BCUT2D eigenvalue weighted by atomic mass is 16.5. The molecular formula is C30H44O6. The zero-order chi connectivity index (χ0) is 26.8. The molecule has 0 aromatic rings. The largest absolute Gasteiger partial charge is 0.469 e. The zero-order valence-electron chi connectivity index (χ0n) is 23.4. The molecule has 0 aromatic heterocycles. The average Bonchev–Trinajstić information content (AvgIpc) is 3.06. The van der Waals surface area contributed by atoms with E-state index in [0.717, 1.165) is 36.8 Å². The van der Waals surface area contributed by atoms with E-state index in [0.29, 0.717) is 25.7 Å². The molecule has 0 bridgehead atoms. The van der Waals surface area contributed by atoms with Crippen LogP contribution in [0.4, 0.5) is 0 Å². The van der Waals surface area contributed by atoms with Crippen molar-refractivity contribution in [2.24, 2.45) is 39.4 Å². The maximum atomic E-state index is 14.1. The number of rotatable bonds is 5. The topological polar surface area (TPSA) is 86.7 Å². The van der Waals surface area contributed by atoms with E-state index in [1.807, 2.05) is 0 Å². The first-order chi connectivity index (χ1) is 16.6. The Kier molecular flexibility index (Phi) is 6.62. The highest BCUT2D eigenvalue weighted by molar-refractivity contribution is 6.11. The molecule has 0 heterocycles. The molecule has 0 amide bonds. The molecule has 4 aliphatic carbocycles. The first-order valence-corrected chi connectivity index (χ1v) is 13.7. The Balaban J connectivity index is 1.74. The van der Waals surface area contributed by atoms with E-state index in [-0.39, 0.29) is 58.2 Å². The summed E-state index contributed by atoms with van der Waals surface area (Å²) in [5.74, 6) is 0.195. The van der Waals surface area contributed by atoms with Gasteiger partial charge in [0.2, 0.25) is 0 Å². The van der Waals surface area contributed by atoms with Gasteiger partial charge in [-0.25, -0.2) is 0 Å². The lowest BCUT2D eigenvalue weighted by atomic mass is 9.42. The van der Waals surface area contributed by atoms with Gasteiger partial charge >= 0.3 is 11.9 Å². The van der Waals surface area contributed by atoms with Crippen molar-refractivity contribution in [3.05, 3.63) is 11.1 Å². The number of hydrogen-bond acceptors (Lipinski definition) is 6. The van der Waals surface area contributed by atoms with Gasteiger partial charge in [0.15, 0.2) is 11.6 Å². The van der Waals surface area contributed by atoms with Crippen LogP contribution in [0.25, 0.3) is 0 Å². The van der Waals surface area contributed by atoms with Crippen molar-refractivity contribution in [1.82, 2.24) is 0 Å². The fourth-order valence-corrected chi connectivity index (χ4v) is 9.15. The Bertz CT molecular complexity index is 1020. The summed E-state index contributed by atoms with van der Waals surface area (Å²) in [5, 5.41) is 0. The van der Waals surface area contributed by atoms with Crippen LogP contribution in [0.2, 0.25) is 0 Å². The Morgan fingerprint density at radius 1 is 1.00 bits per heavy atom. The van der Waals surface area contributed by atoms with Crippen LogP contribution >= 0.6 is 0 Å². The van der Waals surface area contributed by atoms with Crippen LogP contribution in [-0.4, -0.2) is 36.7 Å². The summed E-state index contributed by atoms with van der Waals surface area (Å²) in [6, 6.07) is 0. The van der Waals surface area contributed by atoms with Crippen molar-refractivity contribution in [3.8, 4) is 0 Å². The first-order valence-electron chi connectivity index (χ1n) is 13.7. The number of Topliss-reactive ketones (excluding diaryl/α,β-unsaturated/α-hetero) is 2. The SMILES string of the molecule is COC(=O)CC[C@H](C)[C@@H]1CC[C@]2(C)C3=C(C(=O)C[C@]12C)[C@]1(C)CC[C@@H](OC(C)=O)C(C)(C)[C@@H]1CC3=O. The molecule has 6 heteroatoms. The van der Waals surface area contributed by atoms with Gasteiger partial charge in [0, 0.05) is 53.6 Å². The monoisotopic (exact) mass is 500 g/mol. The van der Waals surface area contributed by atoms with Crippen LogP contribution in [0, 0.1) is 39.4 Å². The molecule has 36 heavy (non-hydrogen) atoms. The van der Waals surface area contributed by atoms with Crippen LogP contribution in [0.15, 0.2) is 11.1 Å². The Morgan fingerprint density at radius 3 is 2.28 bits per heavy atom. The maximum absolute atomic E-state index is 14.1. The fourth-order valence-electron chi connectivity index (χ4n) is 9.15. The minimum atomic E-state index is -0.407. The summed E-state index contributed by atoms with van der Waals surface area (Å²) in [6.45, 7) is 14.4. The van der Waals surface area contributed by atoms with Gasteiger partial charge in [-0.2, -0.15) is 0 Å². The van der Waals surface area contributed by atoms with Gasteiger partial charge in [-0.05, 0) is 55.3 Å². The Labute approximate surface area is 215 Å². The van der Waals surface area contributed by atoms with Crippen LogP contribution in [0.3, 0.4) is 0 Å². The minimum absolute atomic E-state index is 0.0533. The summed E-state index contributed by atoms with van der Waals surface area (Å²) >= 11 is 0. The second-order valence-corrected chi connectivity index (χ2v) is 13.4. The number of methoxy groups -OCH3 is 1. The quantitative estimate of drug-likeness (QED) is 0.456. The number of allylic oxidation sites excluding steroid dienone is 2. The molecule has 4 rings (SSSR count). The Morgan fingerprint density at radius 2 is 1.67 bits per heavy atom. The van der Waals surface area contributed by atoms with E-state index < -0.39 is 10.8 Å². The molecule has 0 aromatic carbocycles. The van der Waals surface area contributed by atoms with Crippen molar-refractivity contribution in [3.63, 3.8) is 0 Å². The predicted molar refractivity (Wildman–Crippen MR) is 136 cm³/mol. The van der Waals surface area contributed by atoms with Gasteiger partial charge in [-0.1, -0.05) is 41.5 Å². The number of carbonyl (C=O) groups is 4. The molecule has 6 nitrogen and oxygen atoms in total. The molecule has 0 N–H and O–H groups in total. The van der Waals surface area contributed by atoms with E-state index in [1.165, 1.54) is 14.0 Å². The van der Waals surface area contributed by atoms with E-state index in [2.05, 4.69) is 41.5 Å². The van der Waals surface area contributed by atoms with E-state index in [1.54, 1.807) is 0 Å². The second-order valence-electron chi connectivity index (χ2n) is 13.4. The van der Waals surface area contributed by atoms with Crippen molar-refractivity contribution in [1.29, 1.82) is 0 Å². The molecule has 4 aliphatic rings. The molecule has 0 saturated heterocycles. The lowest BCUT2D eigenvalue weighted by Gasteiger charge is -2.60. The smallest absolute Gasteiger partial charge is 0.305 e. The van der Waals surface area contributed by atoms with E-state index in [4.69, 9.17) is 9.47 Å². The van der Waals surface area contributed by atoms with Gasteiger partial charge in [0.25, 0.3) is 0 Å². The number of carbonyl (C=O) groups excluding carboxylic acids is 4. The summed E-state index contributed by atoms with van der Waals surface area (Å²) in [7, 11) is 1.41. The average molecular weight is 501 g/mol. The summed E-state index contributed by atoms with van der Waals surface area (Å²) < 4.78 is 10.6. The number of esters is 2. The van der Waals surface area contributed by atoms with Crippen LogP contribution in [0.5, 0.6) is 0 Å².